The quantitative estimate of drug-likeness (QED) is 0.493. The summed E-state index contributed by atoms with van der Waals surface area (Å²) in [7, 11) is 2.23. The second-order valence-electron chi connectivity index (χ2n) is 3.32. The van der Waals surface area contributed by atoms with Crippen molar-refractivity contribution in [3.8, 4) is 0 Å². The molecule has 3 saturated heterocycles. The highest BCUT2D eigenvalue weighted by atomic mass is 15.3. The summed E-state index contributed by atoms with van der Waals surface area (Å²) in [5.41, 5.74) is 0. The van der Waals surface area contributed by atoms with Gasteiger partial charge in [-0.3, -0.25) is 4.90 Å². The van der Waals surface area contributed by atoms with E-state index in [2.05, 4.69) is 24.2 Å². The molecule has 1 N–H and O–H groups in total. The minimum absolute atomic E-state index is 0.722. The Hall–Kier alpha value is -0.0800. The number of nitrogens with zero attached hydrogens (tertiary/aromatic N) is 1. The van der Waals surface area contributed by atoms with Crippen molar-refractivity contribution in [2.75, 3.05) is 13.6 Å². The lowest BCUT2D eigenvalue weighted by Crippen LogP contribution is -2.69. The third-order valence-electron chi connectivity index (χ3n) is 2.87. The fourth-order valence-corrected chi connectivity index (χ4v) is 1.99. The molecule has 3 atom stereocenters. The molecule has 0 radical (unpaired) electrons. The summed E-state index contributed by atoms with van der Waals surface area (Å²) in [6.45, 7) is 3.48. The molecule has 3 aliphatic rings. The van der Waals surface area contributed by atoms with Gasteiger partial charge in [0.25, 0.3) is 0 Å². The molecule has 2 nitrogen and oxygen atoms in total. The maximum absolute atomic E-state index is 3.47. The largest absolute Gasteiger partial charge is 0.311 e. The topological polar surface area (TPSA) is 15.3 Å². The van der Waals surface area contributed by atoms with Crippen LogP contribution in [-0.2, 0) is 0 Å². The van der Waals surface area contributed by atoms with Crippen LogP contribution in [0.3, 0.4) is 0 Å². The Kier molecular flexibility index (Phi) is 1.08. The molecule has 0 aromatic carbocycles. The molecule has 52 valence electrons. The number of rotatable bonds is 0. The lowest BCUT2D eigenvalue weighted by molar-refractivity contribution is -0.0149. The zero-order valence-corrected chi connectivity index (χ0v) is 6.09. The lowest BCUT2D eigenvalue weighted by atomic mass is 9.85. The Bertz CT molecular complexity index is 118. The first-order valence-electron chi connectivity index (χ1n) is 3.74. The summed E-state index contributed by atoms with van der Waals surface area (Å²) in [6.07, 6.45) is 1.42. The van der Waals surface area contributed by atoms with Crippen LogP contribution in [0, 0.1) is 0 Å². The average Bonchev–Trinajstić information content (AvgIpc) is 1.86. The van der Waals surface area contributed by atoms with Crippen LogP contribution in [0.25, 0.3) is 0 Å². The van der Waals surface area contributed by atoms with Crippen molar-refractivity contribution in [3.05, 3.63) is 0 Å². The maximum Gasteiger partial charge on any atom is 0.0262 e. The predicted molar refractivity (Wildman–Crippen MR) is 37.4 cm³/mol. The van der Waals surface area contributed by atoms with E-state index in [1.54, 1.807) is 0 Å². The molecule has 3 aliphatic heterocycles. The van der Waals surface area contributed by atoms with Gasteiger partial charge in [0.1, 0.15) is 0 Å². The smallest absolute Gasteiger partial charge is 0.0262 e. The molecule has 2 heteroatoms. The predicted octanol–water partition coefficient (Wildman–Crippen LogP) is 0.0508. The number of hydrogen-bond acceptors (Lipinski definition) is 2. The highest BCUT2D eigenvalue weighted by molar-refractivity contribution is 5.01. The Morgan fingerprint density at radius 1 is 1.56 bits per heavy atom. The first kappa shape index (κ1) is 5.69. The average molecular weight is 126 g/mol. The normalized spacial score (nSPS) is 50.7. The fraction of sp³-hybridized carbons (Fsp3) is 1.00. The van der Waals surface area contributed by atoms with Gasteiger partial charge in [0.05, 0.1) is 0 Å². The van der Waals surface area contributed by atoms with Gasteiger partial charge in [0, 0.05) is 24.7 Å². The summed E-state index contributed by atoms with van der Waals surface area (Å²) in [5.74, 6) is 0. The minimum Gasteiger partial charge on any atom is -0.311 e. The number of hydrogen-bond donors (Lipinski definition) is 1. The SMILES string of the molecule is C[C@@H]1NCC2CC1N2C. The second kappa shape index (κ2) is 1.70. The molecule has 0 aromatic heterocycles. The van der Waals surface area contributed by atoms with Crippen molar-refractivity contribution in [1.82, 2.24) is 10.2 Å². The van der Waals surface area contributed by atoms with Crippen LogP contribution in [-0.4, -0.2) is 36.6 Å². The maximum atomic E-state index is 3.47. The third kappa shape index (κ3) is 0.634. The van der Waals surface area contributed by atoms with E-state index in [0.29, 0.717) is 0 Å². The summed E-state index contributed by atoms with van der Waals surface area (Å²) in [4.78, 5) is 2.49. The van der Waals surface area contributed by atoms with Gasteiger partial charge in [-0.15, -0.1) is 0 Å². The van der Waals surface area contributed by atoms with Crippen LogP contribution in [0.1, 0.15) is 13.3 Å². The third-order valence-corrected chi connectivity index (χ3v) is 2.87. The highest BCUT2D eigenvalue weighted by Crippen LogP contribution is 2.29. The van der Waals surface area contributed by atoms with Crippen molar-refractivity contribution in [3.63, 3.8) is 0 Å². The van der Waals surface area contributed by atoms with Gasteiger partial charge in [-0.25, -0.2) is 0 Å². The van der Waals surface area contributed by atoms with Crippen LogP contribution in [0.15, 0.2) is 0 Å². The van der Waals surface area contributed by atoms with Gasteiger partial charge in [0.2, 0.25) is 0 Å². The van der Waals surface area contributed by atoms with Crippen LogP contribution < -0.4 is 5.32 Å². The van der Waals surface area contributed by atoms with Gasteiger partial charge < -0.3 is 5.32 Å². The van der Waals surface area contributed by atoms with Crippen molar-refractivity contribution in [2.45, 2.75) is 31.5 Å². The molecule has 3 fully saturated rings. The van der Waals surface area contributed by atoms with Gasteiger partial charge in [-0.1, -0.05) is 0 Å². The van der Waals surface area contributed by atoms with Gasteiger partial charge >= 0.3 is 0 Å². The zero-order chi connectivity index (χ0) is 6.43. The first-order valence-corrected chi connectivity index (χ1v) is 3.74. The molecule has 0 aliphatic carbocycles. The van der Waals surface area contributed by atoms with Gasteiger partial charge in [-0.05, 0) is 20.4 Å². The van der Waals surface area contributed by atoms with Crippen LogP contribution in [0.2, 0.25) is 0 Å². The van der Waals surface area contributed by atoms with Crippen molar-refractivity contribution in [1.29, 1.82) is 0 Å². The fourth-order valence-electron chi connectivity index (χ4n) is 1.99. The molecule has 0 saturated carbocycles. The summed E-state index contributed by atoms with van der Waals surface area (Å²) < 4.78 is 0. The molecule has 0 amide bonds. The van der Waals surface area contributed by atoms with Crippen molar-refractivity contribution >= 4 is 0 Å². The Balaban J connectivity index is 2.06. The molecule has 0 aromatic rings. The number of fused-ring (bicyclic) bond motifs is 2. The van der Waals surface area contributed by atoms with E-state index in [9.17, 15) is 0 Å². The van der Waals surface area contributed by atoms with E-state index in [0.717, 1.165) is 18.1 Å². The summed E-state index contributed by atoms with van der Waals surface area (Å²) in [5, 5.41) is 3.47. The zero-order valence-electron chi connectivity index (χ0n) is 6.09. The van der Waals surface area contributed by atoms with E-state index in [1.165, 1.54) is 13.0 Å². The first-order chi connectivity index (χ1) is 4.29. The van der Waals surface area contributed by atoms with Crippen LogP contribution in [0.4, 0.5) is 0 Å². The Labute approximate surface area is 56.2 Å². The molecular formula is C7H14N2. The Morgan fingerprint density at radius 2 is 2.33 bits per heavy atom. The van der Waals surface area contributed by atoms with Gasteiger partial charge in [-0.2, -0.15) is 0 Å². The summed E-state index contributed by atoms with van der Waals surface area (Å²) in [6, 6.07) is 2.41. The van der Waals surface area contributed by atoms with Crippen molar-refractivity contribution < 1.29 is 0 Å². The van der Waals surface area contributed by atoms with E-state index >= 15 is 0 Å². The van der Waals surface area contributed by atoms with E-state index in [4.69, 9.17) is 0 Å². The van der Waals surface area contributed by atoms with E-state index < -0.39 is 0 Å². The number of piperidine rings is 1. The monoisotopic (exact) mass is 126 g/mol. The molecule has 0 spiro atoms. The molecule has 2 unspecified atom stereocenters. The van der Waals surface area contributed by atoms with Crippen LogP contribution >= 0.6 is 0 Å². The molecule has 9 heavy (non-hydrogen) atoms. The molecular weight excluding hydrogens is 112 g/mol. The lowest BCUT2D eigenvalue weighted by Gasteiger charge is -2.54. The number of nitrogens with one attached hydrogen (secondary N) is 1. The highest BCUT2D eigenvalue weighted by Gasteiger charge is 2.42. The molecule has 3 heterocycles. The summed E-state index contributed by atoms with van der Waals surface area (Å²) >= 11 is 0. The van der Waals surface area contributed by atoms with Gasteiger partial charge in [0.15, 0.2) is 0 Å². The number of likely N-dealkylation sites (N-methyl/N-ethyl adjacent to an activating group) is 1. The standard InChI is InChI=1S/C7H14N2/c1-5-7-3-6(4-8-5)9(7)2/h5-8H,3-4H2,1-2H3/t5-,6?,7?/m0/s1. The minimum atomic E-state index is 0.722. The van der Waals surface area contributed by atoms with E-state index in [-0.39, 0.29) is 0 Å². The second-order valence-corrected chi connectivity index (χ2v) is 3.32. The van der Waals surface area contributed by atoms with Crippen molar-refractivity contribution in [2.24, 2.45) is 0 Å². The number of piperazine rings is 1. The van der Waals surface area contributed by atoms with Crippen LogP contribution in [0.5, 0.6) is 0 Å². The molecule has 2 bridgehead atoms. The van der Waals surface area contributed by atoms with E-state index in [1.807, 2.05) is 0 Å². The molecule has 3 rings (SSSR count). The Morgan fingerprint density at radius 3 is 2.67 bits per heavy atom.